The number of nitrogens with one attached hydrogen (secondary N) is 1. The Bertz CT molecular complexity index is 799. The molecule has 26 heavy (non-hydrogen) atoms. The molecule has 1 atom stereocenters. The normalized spacial score (nSPS) is 17.0. The number of amides is 1. The van der Waals surface area contributed by atoms with E-state index in [1.54, 1.807) is 20.4 Å². The fraction of sp³-hybridized carbons (Fsp3) is 0.526. The van der Waals surface area contributed by atoms with E-state index in [0.717, 1.165) is 48.9 Å². The summed E-state index contributed by atoms with van der Waals surface area (Å²) in [7, 11) is 3.43. The molecule has 0 radical (unpaired) electrons. The van der Waals surface area contributed by atoms with Crippen LogP contribution in [0.1, 0.15) is 39.6 Å². The minimum absolute atomic E-state index is 0.168. The molecule has 2 aromatic rings. The van der Waals surface area contributed by atoms with E-state index in [9.17, 15) is 4.79 Å². The zero-order chi connectivity index (χ0) is 18.8. The van der Waals surface area contributed by atoms with Crippen molar-refractivity contribution in [1.82, 2.24) is 20.2 Å². The van der Waals surface area contributed by atoms with Crippen LogP contribution < -0.4 is 10.2 Å². The van der Waals surface area contributed by atoms with Crippen LogP contribution in [0.4, 0.5) is 5.82 Å². The maximum absolute atomic E-state index is 12.3. The lowest BCUT2D eigenvalue weighted by Gasteiger charge is -2.22. The second kappa shape index (κ2) is 7.45. The first-order valence-corrected chi connectivity index (χ1v) is 8.95. The number of rotatable bonds is 5. The van der Waals surface area contributed by atoms with Crippen molar-refractivity contribution in [2.24, 2.45) is 0 Å². The van der Waals surface area contributed by atoms with Crippen molar-refractivity contribution < 1.29 is 9.21 Å². The summed E-state index contributed by atoms with van der Waals surface area (Å²) in [5.74, 6) is 1.92. The predicted molar refractivity (Wildman–Crippen MR) is 100 cm³/mol. The molecule has 0 unspecified atom stereocenters. The number of hydrogen-bond acceptors (Lipinski definition) is 6. The minimum Gasteiger partial charge on any atom is -0.469 e. The summed E-state index contributed by atoms with van der Waals surface area (Å²) in [5, 5.41) is 3.59. The SMILES string of the molecule is Cc1nc(C(=O)N(C)C)nc(N2CC[C@@H](NCc3ccoc3C)C2)c1C. The molecule has 1 fully saturated rings. The number of aryl methyl sites for hydroxylation is 2. The fourth-order valence-corrected chi connectivity index (χ4v) is 3.19. The monoisotopic (exact) mass is 357 g/mol. The number of carbonyl (C=O) groups is 1. The third kappa shape index (κ3) is 3.72. The Morgan fingerprint density at radius 1 is 1.35 bits per heavy atom. The van der Waals surface area contributed by atoms with Crippen molar-refractivity contribution in [3.05, 3.63) is 40.7 Å². The molecule has 0 aromatic carbocycles. The maximum Gasteiger partial charge on any atom is 0.291 e. The van der Waals surface area contributed by atoms with E-state index in [1.165, 1.54) is 10.5 Å². The molecule has 1 N–H and O–H groups in total. The van der Waals surface area contributed by atoms with E-state index in [-0.39, 0.29) is 11.7 Å². The Balaban J connectivity index is 1.71. The van der Waals surface area contributed by atoms with Gasteiger partial charge < -0.3 is 19.5 Å². The third-order valence-corrected chi connectivity index (χ3v) is 5.00. The van der Waals surface area contributed by atoms with Crippen molar-refractivity contribution >= 4 is 11.7 Å². The Hall–Kier alpha value is -2.41. The van der Waals surface area contributed by atoms with Gasteiger partial charge in [-0.15, -0.1) is 0 Å². The first-order chi connectivity index (χ1) is 12.4. The van der Waals surface area contributed by atoms with Crippen LogP contribution in [0.2, 0.25) is 0 Å². The van der Waals surface area contributed by atoms with Gasteiger partial charge >= 0.3 is 0 Å². The largest absolute Gasteiger partial charge is 0.469 e. The average Bonchev–Trinajstić information content (AvgIpc) is 3.23. The Kier molecular flexibility index (Phi) is 5.27. The van der Waals surface area contributed by atoms with Gasteiger partial charge in [0.1, 0.15) is 11.6 Å². The van der Waals surface area contributed by atoms with Crippen molar-refractivity contribution in [3.63, 3.8) is 0 Å². The highest BCUT2D eigenvalue weighted by Crippen LogP contribution is 2.24. The van der Waals surface area contributed by atoms with Crippen molar-refractivity contribution in [1.29, 1.82) is 0 Å². The predicted octanol–water partition coefficient (Wildman–Crippen LogP) is 2.07. The quantitative estimate of drug-likeness (QED) is 0.883. The van der Waals surface area contributed by atoms with Crippen molar-refractivity contribution in [3.8, 4) is 0 Å². The summed E-state index contributed by atoms with van der Waals surface area (Å²) in [6.45, 7) is 8.50. The molecule has 7 nitrogen and oxygen atoms in total. The summed E-state index contributed by atoms with van der Waals surface area (Å²) in [5.41, 5.74) is 3.08. The third-order valence-electron chi connectivity index (χ3n) is 5.00. The highest BCUT2D eigenvalue weighted by Gasteiger charge is 2.26. The molecule has 3 heterocycles. The Morgan fingerprint density at radius 2 is 2.12 bits per heavy atom. The zero-order valence-corrected chi connectivity index (χ0v) is 16.2. The highest BCUT2D eigenvalue weighted by molar-refractivity contribution is 5.90. The fourth-order valence-electron chi connectivity index (χ4n) is 3.19. The van der Waals surface area contributed by atoms with E-state index in [1.807, 2.05) is 26.8 Å². The molecular weight excluding hydrogens is 330 g/mol. The lowest BCUT2D eigenvalue weighted by atomic mass is 10.2. The van der Waals surface area contributed by atoms with Crippen LogP contribution in [0.5, 0.6) is 0 Å². The summed E-state index contributed by atoms with van der Waals surface area (Å²) in [4.78, 5) is 25.0. The molecule has 1 aliphatic rings. The number of nitrogens with zero attached hydrogens (tertiary/aromatic N) is 4. The van der Waals surface area contributed by atoms with Gasteiger partial charge in [-0.2, -0.15) is 0 Å². The second-order valence-electron chi connectivity index (χ2n) is 7.10. The second-order valence-corrected chi connectivity index (χ2v) is 7.10. The maximum atomic E-state index is 12.3. The standard InChI is InChI=1S/C19H27N5O2/c1-12-13(2)21-17(19(25)23(4)5)22-18(12)24-8-6-16(11-24)20-10-15-7-9-26-14(15)3/h7,9,16,20H,6,8,10-11H2,1-5H3/t16-/m1/s1. The van der Waals surface area contributed by atoms with Gasteiger partial charge in [-0.1, -0.05) is 0 Å². The minimum atomic E-state index is -0.168. The van der Waals surface area contributed by atoms with Crippen molar-refractivity contribution in [2.75, 3.05) is 32.1 Å². The summed E-state index contributed by atoms with van der Waals surface area (Å²) >= 11 is 0. The highest BCUT2D eigenvalue weighted by atomic mass is 16.3. The molecule has 140 valence electrons. The van der Waals surface area contributed by atoms with Crippen LogP contribution in [-0.4, -0.2) is 54.0 Å². The van der Waals surface area contributed by atoms with Gasteiger partial charge in [-0.3, -0.25) is 4.79 Å². The lowest BCUT2D eigenvalue weighted by molar-refractivity contribution is 0.0815. The molecule has 1 aliphatic heterocycles. The number of furan rings is 1. The number of carbonyl (C=O) groups excluding carboxylic acids is 1. The van der Waals surface area contributed by atoms with Gasteiger partial charge in [0.2, 0.25) is 5.82 Å². The molecular formula is C19H27N5O2. The van der Waals surface area contributed by atoms with Crippen molar-refractivity contribution in [2.45, 2.75) is 39.8 Å². The van der Waals surface area contributed by atoms with E-state index in [4.69, 9.17) is 4.42 Å². The number of hydrogen-bond donors (Lipinski definition) is 1. The van der Waals surface area contributed by atoms with Gasteiger partial charge in [-0.25, -0.2) is 9.97 Å². The molecule has 0 aliphatic carbocycles. The zero-order valence-electron chi connectivity index (χ0n) is 16.2. The van der Waals surface area contributed by atoms with E-state index in [0.29, 0.717) is 6.04 Å². The first-order valence-electron chi connectivity index (χ1n) is 8.95. The molecule has 7 heteroatoms. The molecule has 0 spiro atoms. The molecule has 1 saturated heterocycles. The van der Waals surface area contributed by atoms with E-state index in [2.05, 4.69) is 20.2 Å². The van der Waals surface area contributed by atoms with Crippen LogP contribution >= 0.6 is 0 Å². The van der Waals surface area contributed by atoms with Gasteiger partial charge in [0, 0.05) is 56.6 Å². The summed E-state index contributed by atoms with van der Waals surface area (Å²) in [6.07, 6.45) is 2.76. The molecule has 2 aromatic heterocycles. The topological polar surface area (TPSA) is 74.5 Å². The van der Waals surface area contributed by atoms with Gasteiger partial charge in [-0.05, 0) is 33.3 Å². The summed E-state index contributed by atoms with van der Waals surface area (Å²) in [6, 6.07) is 2.39. The molecule has 0 saturated carbocycles. The van der Waals surface area contributed by atoms with E-state index < -0.39 is 0 Å². The van der Waals surface area contributed by atoms with Crippen LogP contribution in [0.15, 0.2) is 16.7 Å². The lowest BCUT2D eigenvalue weighted by Crippen LogP contribution is -2.33. The van der Waals surface area contributed by atoms with Crippen LogP contribution in [0.25, 0.3) is 0 Å². The Labute approximate surface area is 154 Å². The number of aromatic nitrogens is 2. The van der Waals surface area contributed by atoms with Crippen LogP contribution in [0.3, 0.4) is 0 Å². The van der Waals surface area contributed by atoms with Gasteiger partial charge in [0.05, 0.1) is 6.26 Å². The van der Waals surface area contributed by atoms with E-state index >= 15 is 0 Å². The van der Waals surface area contributed by atoms with Gasteiger partial charge in [0.15, 0.2) is 0 Å². The van der Waals surface area contributed by atoms with Gasteiger partial charge in [0.25, 0.3) is 5.91 Å². The number of anilines is 1. The Morgan fingerprint density at radius 3 is 2.77 bits per heavy atom. The first kappa shape index (κ1) is 18.4. The van der Waals surface area contributed by atoms with Crippen LogP contribution in [0, 0.1) is 20.8 Å². The molecule has 3 rings (SSSR count). The van der Waals surface area contributed by atoms with Crippen LogP contribution in [-0.2, 0) is 6.54 Å². The molecule has 0 bridgehead atoms. The summed E-state index contributed by atoms with van der Waals surface area (Å²) < 4.78 is 5.35. The average molecular weight is 357 g/mol. The smallest absolute Gasteiger partial charge is 0.291 e. The molecule has 1 amide bonds.